The van der Waals surface area contributed by atoms with Gasteiger partial charge in [0.25, 0.3) is 5.91 Å². The highest BCUT2D eigenvalue weighted by molar-refractivity contribution is 6.32. The van der Waals surface area contributed by atoms with Crippen LogP contribution in [0.25, 0.3) is 0 Å². The van der Waals surface area contributed by atoms with Gasteiger partial charge in [0.2, 0.25) is 5.91 Å². The van der Waals surface area contributed by atoms with Crippen molar-refractivity contribution < 1.29 is 19.1 Å². The number of hydrogen-bond donors (Lipinski definition) is 0. The van der Waals surface area contributed by atoms with Gasteiger partial charge in [0, 0.05) is 44.1 Å². The average Bonchev–Trinajstić information content (AvgIpc) is 3.12. The Hall–Kier alpha value is -1.95. The zero-order valence-corrected chi connectivity index (χ0v) is 16.2. The second-order valence-corrected chi connectivity index (χ2v) is 7.84. The van der Waals surface area contributed by atoms with E-state index in [0.29, 0.717) is 61.5 Å². The zero-order valence-electron chi connectivity index (χ0n) is 15.4. The minimum atomic E-state index is -0.0829. The Bertz CT molecular complexity index is 725. The van der Waals surface area contributed by atoms with E-state index >= 15 is 0 Å². The third-order valence-corrected chi connectivity index (χ3v) is 5.91. The molecule has 0 spiro atoms. The summed E-state index contributed by atoms with van der Waals surface area (Å²) in [5.41, 5.74) is 0.500. The van der Waals surface area contributed by atoms with Gasteiger partial charge in [-0.3, -0.25) is 9.59 Å². The summed E-state index contributed by atoms with van der Waals surface area (Å²) in [4.78, 5) is 29.2. The zero-order chi connectivity index (χ0) is 18.8. The number of piperazine rings is 1. The van der Waals surface area contributed by atoms with Crippen LogP contribution in [0.15, 0.2) is 12.1 Å². The van der Waals surface area contributed by atoms with Gasteiger partial charge in [0.05, 0.1) is 18.2 Å². The molecule has 6 nitrogen and oxygen atoms in total. The van der Waals surface area contributed by atoms with E-state index in [1.54, 1.807) is 17.0 Å². The van der Waals surface area contributed by atoms with Crippen LogP contribution in [-0.2, 0) is 4.79 Å². The summed E-state index contributed by atoms with van der Waals surface area (Å²) in [7, 11) is 0. The summed E-state index contributed by atoms with van der Waals surface area (Å²) in [5.74, 6) is 1.41. The van der Waals surface area contributed by atoms with Gasteiger partial charge in [-0.1, -0.05) is 24.4 Å². The predicted octanol–water partition coefficient (Wildman–Crippen LogP) is 2.98. The molecule has 0 radical (unpaired) electrons. The van der Waals surface area contributed by atoms with Crippen molar-refractivity contribution in [3.05, 3.63) is 22.7 Å². The summed E-state index contributed by atoms with van der Waals surface area (Å²) in [5, 5.41) is 0.396. The van der Waals surface area contributed by atoms with Gasteiger partial charge in [-0.25, -0.2) is 0 Å². The Morgan fingerprint density at radius 1 is 0.926 bits per heavy atom. The van der Waals surface area contributed by atoms with Crippen molar-refractivity contribution in [1.29, 1.82) is 0 Å². The van der Waals surface area contributed by atoms with Crippen LogP contribution in [0.3, 0.4) is 0 Å². The first kappa shape index (κ1) is 18.4. The second kappa shape index (κ2) is 7.97. The molecule has 0 N–H and O–H groups in total. The maximum absolute atomic E-state index is 12.9. The van der Waals surface area contributed by atoms with Crippen molar-refractivity contribution in [2.75, 3.05) is 39.4 Å². The SMILES string of the molecule is O=C(c1cc(Cl)c2c(c1)OCCCO2)N1CCN(C(=O)C2CCCC2)CC1. The number of fused-ring (bicyclic) bond motifs is 1. The molecule has 2 aliphatic heterocycles. The molecule has 1 aromatic rings. The predicted molar refractivity (Wildman–Crippen MR) is 102 cm³/mol. The highest BCUT2D eigenvalue weighted by Crippen LogP contribution is 2.38. The molecular formula is C20H25ClN2O4. The van der Waals surface area contributed by atoms with E-state index in [1.807, 2.05) is 4.90 Å². The number of halogens is 1. The largest absolute Gasteiger partial charge is 0.489 e. The van der Waals surface area contributed by atoms with E-state index in [9.17, 15) is 9.59 Å². The average molecular weight is 393 g/mol. The van der Waals surface area contributed by atoms with E-state index in [1.165, 1.54) is 0 Å². The van der Waals surface area contributed by atoms with Crippen LogP contribution in [0.1, 0.15) is 42.5 Å². The Kier molecular flexibility index (Phi) is 5.43. The maximum Gasteiger partial charge on any atom is 0.254 e. The molecular weight excluding hydrogens is 368 g/mol. The molecule has 0 unspecified atom stereocenters. The van der Waals surface area contributed by atoms with Gasteiger partial charge in [-0.05, 0) is 25.0 Å². The second-order valence-electron chi connectivity index (χ2n) is 7.43. The fourth-order valence-corrected chi connectivity index (χ4v) is 4.36. The number of nitrogens with zero attached hydrogens (tertiary/aromatic N) is 2. The summed E-state index contributed by atoms with van der Waals surface area (Å²) < 4.78 is 11.3. The molecule has 0 atom stereocenters. The molecule has 1 aromatic carbocycles. The van der Waals surface area contributed by atoms with Gasteiger partial charge < -0.3 is 19.3 Å². The molecule has 27 heavy (non-hydrogen) atoms. The highest BCUT2D eigenvalue weighted by Gasteiger charge is 2.31. The first-order valence-corrected chi connectivity index (χ1v) is 10.2. The Labute approximate surface area is 164 Å². The summed E-state index contributed by atoms with van der Waals surface area (Å²) in [6, 6.07) is 3.36. The number of rotatable bonds is 2. The lowest BCUT2D eigenvalue weighted by molar-refractivity contribution is -0.136. The minimum absolute atomic E-state index is 0.0829. The molecule has 2 amide bonds. The number of benzene rings is 1. The molecule has 1 saturated heterocycles. The van der Waals surface area contributed by atoms with Crippen molar-refractivity contribution in [3.63, 3.8) is 0 Å². The van der Waals surface area contributed by atoms with Gasteiger partial charge in [-0.2, -0.15) is 0 Å². The summed E-state index contributed by atoms with van der Waals surface area (Å²) in [6.45, 7) is 3.38. The molecule has 2 fully saturated rings. The van der Waals surface area contributed by atoms with Crippen LogP contribution in [0.2, 0.25) is 5.02 Å². The van der Waals surface area contributed by atoms with Crippen molar-refractivity contribution in [2.24, 2.45) is 5.92 Å². The monoisotopic (exact) mass is 392 g/mol. The molecule has 7 heteroatoms. The van der Waals surface area contributed by atoms with Crippen molar-refractivity contribution >= 4 is 23.4 Å². The van der Waals surface area contributed by atoms with Crippen LogP contribution in [0.4, 0.5) is 0 Å². The lowest BCUT2D eigenvalue weighted by Gasteiger charge is -2.36. The standard InChI is InChI=1S/C20H25ClN2O4/c21-16-12-15(13-17-18(16)27-11-3-10-26-17)20(25)23-8-6-22(7-9-23)19(24)14-4-1-2-5-14/h12-14H,1-11H2. The number of amides is 2. The lowest BCUT2D eigenvalue weighted by Crippen LogP contribution is -2.51. The Morgan fingerprint density at radius 2 is 1.59 bits per heavy atom. The number of ether oxygens (including phenoxy) is 2. The van der Waals surface area contributed by atoms with E-state index in [2.05, 4.69) is 0 Å². The van der Waals surface area contributed by atoms with E-state index in [4.69, 9.17) is 21.1 Å². The van der Waals surface area contributed by atoms with Gasteiger partial charge in [-0.15, -0.1) is 0 Å². The van der Waals surface area contributed by atoms with Crippen molar-refractivity contribution in [1.82, 2.24) is 9.80 Å². The molecule has 0 aromatic heterocycles. The molecule has 0 bridgehead atoms. The smallest absolute Gasteiger partial charge is 0.254 e. The minimum Gasteiger partial charge on any atom is -0.489 e. The van der Waals surface area contributed by atoms with Crippen LogP contribution >= 0.6 is 11.6 Å². The molecule has 2 heterocycles. The summed E-state index contributed by atoms with van der Waals surface area (Å²) in [6.07, 6.45) is 5.10. The van der Waals surface area contributed by atoms with Crippen LogP contribution in [0, 0.1) is 5.92 Å². The highest BCUT2D eigenvalue weighted by atomic mass is 35.5. The van der Waals surface area contributed by atoms with E-state index < -0.39 is 0 Å². The topological polar surface area (TPSA) is 59.1 Å². The van der Waals surface area contributed by atoms with Gasteiger partial charge >= 0.3 is 0 Å². The van der Waals surface area contributed by atoms with Crippen LogP contribution in [0.5, 0.6) is 11.5 Å². The van der Waals surface area contributed by atoms with Gasteiger partial charge in [0.15, 0.2) is 11.5 Å². The number of carbonyl (C=O) groups excluding carboxylic acids is 2. The molecule has 3 aliphatic rings. The molecule has 1 saturated carbocycles. The lowest BCUT2D eigenvalue weighted by atomic mass is 10.1. The van der Waals surface area contributed by atoms with Crippen molar-refractivity contribution in [3.8, 4) is 11.5 Å². The normalized spacial score (nSPS) is 20.5. The third-order valence-electron chi connectivity index (χ3n) is 5.63. The van der Waals surface area contributed by atoms with Crippen LogP contribution < -0.4 is 9.47 Å². The molecule has 1 aliphatic carbocycles. The molecule has 146 valence electrons. The fraction of sp³-hybridized carbons (Fsp3) is 0.600. The van der Waals surface area contributed by atoms with E-state index in [0.717, 1.165) is 32.1 Å². The van der Waals surface area contributed by atoms with Crippen LogP contribution in [-0.4, -0.2) is 61.0 Å². The quantitative estimate of drug-likeness (QED) is 0.776. The maximum atomic E-state index is 12.9. The third kappa shape index (κ3) is 3.86. The van der Waals surface area contributed by atoms with Gasteiger partial charge in [0.1, 0.15) is 0 Å². The molecule has 4 rings (SSSR count). The first-order valence-electron chi connectivity index (χ1n) is 9.80. The van der Waals surface area contributed by atoms with E-state index in [-0.39, 0.29) is 17.7 Å². The number of carbonyl (C=O) groups is 2. The Balaban J connectivity index is 1.41. The first-order chi connectivity index (χ1) is 13.1. The van der Waals surface area contributed by atoms with Crippen molar-refractivity contribution in [2.45, 2.75) is 32.1 Å². The summed E-state index contributed by atoms with van der Waals surface area (Å²) >= 11 is 6.31. The number of hydrogen-bond acceptors (Lipinski definition) is 4. The fourth-order valence-electron chi connectivity index (χ4n) is 4.10. The Morgan fingerprint density at radius 3 is 2.33 bits per heavy atom.